The lowest BCUT2D eigenvalue weighted by Crippen LogP contribution is -2.59. The van der Waals surface area contributed by atoms with Gasteiger partial charge in [-0.15, -0.1) is 0 Å². The van der Waals surface area contributed by atoms with Gasteiger partial charge in [0.15, 0.2) is 0 Å². The van der Waals surface area contributed by atoms with Gasteiger partial charge in [0, 0.05) is 24.1 Å². The van der Waals surface area contributed by atoms with E-state index in [1.807, 2.05) is 6.92 Å². The highest BCUT2D eigenvalue weighted by Crippen LogP contribution is 2.11. The normalized spacial score (nSPS) is 15.8. The topological polar surface area (TPSA) is 179 Å². The van der Waals surface area contributed by atoms with Crippen molar-refractivity contribution in [3.05, 3.63) is 18.2 Å². The third-order valence-corrected chi connectivity index (χ3v) is 5.59. The number of nitrogens with two attached hydrogens (primary N) is 1. The Bertz CT molecular complexity index is 773. The average Bonchev–Trinajstić information content (AvgIpc) is 3.26. The zero-order valence-corrected chi connectivity index (χ0v) is 19.7. The molecular formula is C20H34N6O5S. The van der Waals surface area contributed by atoms with Crippen LogP contribution in [0.25, 0.3) is 0 Å². The van der Waals surface area contributed by atoms with E-state index in [0.29, 0.717) is 12.1 Å². The minimum absolute atomic E-state index is 0.0448. The smallest absolute Gasteiger partial charge is 0.327 e. The number of aliphatic carboxylic acids is 1. The van der Waals surface area contributed by atoms with Crippen LogP contribution in [-0.2, 0) is 25.6 Å². The lowest BCUT2D eigenvalue weighted by atomic mass is 9.96. The number of carbonyl (C=O) groups is 4. The molecule has 0 bridgehead atoms. The molecule has 180 valence electrons. The molecule has 11 nitrogen and oxygen atoms in total. The third kappa shape index (κ3) is 8.15. The lowest BCUT2D eigenvalue weighted by molar-refractivity contribution is -0.141. The highest BCUT2D eigenvalue weighted by molar-refractivity contribution is 7.80. The minimum Gasteiger partial charge on any atom is -0.480 e. The van der Waals surface area contributed by atoms with Crippen molar-refractivity contribution in [1.29, 1.82) is 0 Å². The summed E-state index contributed by atoms with van der Waals surface area (Å²) in [5, 5.41) is 16.9. The van der Waals surface area contributed by atoms with Crippen LogP contribution < -0.4 is 21.7 Å². The first-order chi connectivity index (χ1) is 15.0. The minimum atomic E-state index is -1.24. The van der Waals surface area contributed by atoms with Crippen LogP contribution in [-0.4, -0.2) is 68.7 Å². The second kappa shape index (κ2) is 13.1. The molecule has 5 atom stereocenters. The van der Waals surface area contributed by atoms with E-state index in [2.05, 4.69) is 38.5 Å². The Morgan fingerprint density at radius 1 is 1.09 bits per heavy atom. The van der Waals surface area contributed by atoms with Crippen LogP contribution in [0.3, 0.4) is 0 Å². The van der Waals surface area contributed by atoms with Gasteiger partial charge in [-0.05, 0) is 11.8 Å². The standard InChI is InChI=1S/C20H34N6O5S/c1-5-11(4)16(26-18(28)15(21)10(2)3)19(29)24-13(6-12-7-22-9-23-12)17(27)25-14(8-32)20(30)31/h7,9-11,13-16,32H,5-6,8,21H2,1-4H3,(H,22,23)(H,24,29)(H,25,27)(H,26,28)(H,30,31). The number of aromatic nitrogens is 2. The molecule has 0 spiro atoms. The summed E-state index contributed by atoms with van der Waals surface area (Å²) in [4.78, 5) is 56.4. The van der Waals surface area contributed by atoms with Gasteiger partial charge in [-0.2, -0.15) is 12.6 Å². The molecule has 5 unspecified atom stereocenters. The van der Waals surface area contributed by atoms with E-state index in [1.165, 1.54) is 12.5 Å². The number of carbonyl (C=O) groups excluding carboxylic acids is 3. The van der Waals surface area contributed by atoms with E-state index in [1.54, 1.807) is 20.8 Å². The first-order valence-electron chi connectivity index (χ1n) is 10.5. The van der Waals surface area contributed by atoms with Crippen LogP contribution in [0.1, 0.15) is 39.8 Å². The van der Waals surface area contributed by atoms with Gasteiger partial charge < -0.3 is 31.8 Å². The molecule has 0 saturated heterocycles. The molecule has 0 aliphatic carbocycles. The number of hydrogen-bond donors (Lipinski definition) is 7. The number of amides is 3. The number of rotatable bonds is 13. The fourth-order valence-corrected chi connectivity index (χ4v) is 3.05. The molecule has 3 amide bonds. The first-order valence-corrected chi connectivity index (χ1v) is 11.1. The zero-order chi connectivity index (χ0) is 24.4. The van der Waals surface area contributed by atoms with Crippen molar-refractivity contribution in [1.82, 2.24) is 25.9 Å². The Balaban J connectivity index is 3.06. The van der Waals surface area contributed by atoms with E-state index in [0.717, 1.165) is 0 Å². The maximum Gasteiger partial charge on any atom is 0.327 e. The average molecular weight is 471 g/mol. The molecule has 1 rings (SSSR count). The molecule has 1 heterocycles. The van der Waals surface area contributed by atoms with E-state index < -0.39 is 47.9 Å². The van der Waals surface area contributed by atoms with Crippen LogP contribution >= 0.6 is 12.6 Å². The SMILES string of the molecule is CCC(C)C(NC(=O)C(N)C(C)C)C(=O)NC(Cc1cnc[nH]1)C(=O)NC(CS)C(=O)O. The van der Waals surface area contributed by atoms with Gasteiger partial charge in [0.25, 0.3) is 0 Å². The Kier molecular flexibility index (Phi) is 11.2. The number of nitrogens with one attached hydrogen (secondary N) is 4. The predicted octanol–water partition coefficient (Wildman–Crippen LogP) is -0.550. The summed E-state index contributed by atoms with van der Waals surface area (Å²) in [6.07, 6.45) is 3.56. The number of nitrogens with zero attached hydrogens (tertiary/aromatic N) is 1. The van der Waals surface area contributed by atoms with Crippen LogP contribution in [0.4, 0.5) is 0 Å². The van der Waals surface area contributed by atoms with E-state index in [9.17, 15) is 24.3 Å². The maximum absolute atomic E-state index is 13.1. The summed E-state index contributed by atoms with van der Waals surface area (Å²) < 4.78 is 0. The number of H-pyrrole nitrogens is 1. The largest absolute Gasteiger partial charge is 0.480 e. The monoisotopic (exact) mass is 470 g/mol. The van der Waals surface area contributed by atoms with Gasteiger partial charge >= 0.3 is 5.97 Å². The van der Waals surface area contributed by atoms with Crippen LogP contribution in [0.2, 0.25) is 0 Å². The van der Waals surface area contributed by atoms with Gasteiger partial charge in [0.1, 0.15) is 18.1 Å². The van der Waals surface area contributed by atoms with E-state index >= 15 is 0 Å². The van der Waals surface area contributed by atoms with Crippen molar-refractivity contribution in [2.75, 3.05) is 5.75 Å². The molecule has 0 saturated carbocycles. The molecule has 7 N–H and O–H groups in total. The summed E-state index contributed by atoms with van der Waals surface area (Å²) in [5.41, 5.74) is 6.47. The number of carboxylic acid groups (broad SMARTS) is 1. The molecule has 0 fully saturated rings. The van der Waals surface area contributed by atoms with Gasteiger partial charge in [-0.25, -0.2) is 9.78 Å². The van der Waals surface area contributed by atoms with Crippen LogP contribution in [0, 0.1) is 11.8 Å². The van der Waals surface area contributed by atoms with Gasteiger partial charge in [0.2, 0.25) is 17.7 Å². The van der Waals surface area contributed by atoms with Crippen molar-refractivity contribution in [3.8, 4) is 0 Å². The second-order valence-electron chi connectivity index (χ2n) is 8.07. The molecule has 0 aliphatic heterocycles. The maximum atomic E-state index is 13.1. The Morgan fingerprint density at radius 3 is 2.19 bits per heavy atom. The number of thiol groups is 1. The first kappa shape index (κ1) is 27.4. The second-order valence-corrected chi connectivity index (χ2v) is 8.43. The molecule has 12 heteroatoms. The van der Waals surface area contributed by atoms with Crippen molar-refractivity contribution >= 4 is 36.3 Å². The summed E-state index contributed by atoms with van der Waals surface area (Å²) in [5.74, 6) is -3.45. The molecule has 0 aliphatic rings. The van der Waals surface area contributed by atoms with Crippen molar-refractivity contribution in [2.24, 2.45) is 17.6 Å². The molecule has 1 aromatic heterocycles. The van der Waals surface area contributed by atoms with Crippen LogP contribution in [0.5, 0.6) is 0 Å². The van der Waals surface area contributed by atoms with Gasteiger partial charge in [-0.1, -0.05) is 34.1 Å². The summed E-state index contributed by atoms with van der Waals surface area (Å²) in [6.45, 7) is 7.27. The number of carboxylic acids is 1. The molecule has 1 aromatic rings. The van der Waals surface area contributed by atoms with Crippen molar-refractivity contribution < 1.29 is 24.3 Å². The molecule has 0 aromatic carbocycles. The fraction of sp³-hybridized carbons (Fsp3) is 0.650. The van der Waals surface area contributed by atoms with Crippen molar-refractivity contribution in [3.63, 3.8) is 0 Å². The molecule has 32 heavy (non-hydrogen) atoms. The molecule has 0 radical (unpaired) electrons. The number of hydrogen-bond acceptors (Lipinski definition) is 7. The highest BCUT2D eigenvalue weighted by atomic mass is 32.1. The summed E-state index contributed by atoms with van der Waals surface area (Å²) in [6, 6.07) is -4.03. The Hall–Kier alpha value is -2.60. The molecular weight excluding hydrogens is 436 g/mol. The zero-order valence-electron chi connectivity index (χ0n) is 18.8. The summed E-state index contributed by atoms with van der Waals surface area (Å²) in [7, 11) is 0. The summed E-state index contributed by atoms with van der Waals surface area (Å²) >= 11 is 3.94. The third-order valence-electron chi connectivity index (χ3n) is 5.22. The van der Waals surface area contributed by atoms with Crippen LogP contribution in [0.15, 0.2) is 12.5 Å². The Labute approximate surface area is 193 Å². The van der Waals surface area contributed by atoms with Gasteiger partial charge in [-0.3, -0.25) is 14.4 Å². The lowest BCUT2D eigenvalue weighted by Gasteiger charge is -2.28. The van der Waals surface area contributed by atoms with Crippen molar-refractivity contribution in [2.45, 2.75) is 64.7 Å². The fourth-order valence-electron chi connectivity index (χ4n) is 2.80. The van der Waals surface area contributed by atoms with E-state index in [4.69, 9.17) is 5.73 Å². The quantitative estimate of drug-likeness (QED) is 0.189. The highest BCUT2D eigenvalue weighted by Gasteiger charge is 2.33. The van der Waals surface area contributed by atoms with E-state index in [-0.39, 0.29) is 24.0 Å². The van der Waals surface area contributed by atoms with Gasteiger partial charge in [0.05, 0.1) is 12.4 Å². The number of imidazole rings is 1. The number of aromatic amines is 1. The Morgan fingerprint density at radius 2 is 1.72 bits per heavy atom. The predicted molar refractivity (Wildman–Crippen MR) is 122 cm³/mol.